The van der Waals surface area contributed by atoms with E-state index in [0.29, 0.717) is 13.0 Å². The fourth-order valence-corrected chi connectivity index (χ4v) is 1.33. The first kappa shape index (κ1) is 12.4. The van der Waals surface area contributed by atoms with Crippen molar-refractivity contribution < 1.29 is 10.0 Å². The summed E-state index contributed by atoms with van der Waals surface area (Å²) in [5.41, 5.74) is 1.70. The largest absolute Gasteiger partial charge is 0.391 e. The second-order valence-corrected chi connectivity index (χ2v) is 3.70. The zero-order valence-corrected chi connectivity index (χ0v) is 9.43. The number of benzene rings is 1. The summed E-state index contributed by atoms with van der Waals surface area (Å²) in [6.07, 6.45) is 0.286. The summed E-state index contributed by atoms with van der Waals surface area (Å²) in [7, 11) is 0. The first-order chi connectivity index (χ1) is 7.54. The molecule has 0 aliphatic carbocycles. The highest BCUT2D eigenvalue weighted by molar-refractivity contribution is 5.55. The Morgan fingerprint density at radius 2 is 2.25 bits per heavy atom. The van der Waals surface area contributed by atoms with Crippen LogP contribution in [0.1, 0.15) is 18.9 Å². The number of rotatable bonds is 5. The lowest BCUT2D eigenvalue weighted by Gasteiger charge is -2.12. The van der Waals surface area contributed by atoms with Crippen molar-refractivity contribution in [2.45, 2.75) is 26.4 Å². The summed E-state index contributed by atoms with van der Waals surface area (Å²) in [6, 6.07) is 4.63. The molecule has 1 aromatic rings. The average molecular weight is 224 g/mol. The Morgan fingerprint density at radius 1 is 1.56 bits per heavy atom. The summed E-state index contributed by atoms with van der Waals surface area (Å²) in [5.74, 6) is 0. The number of non-ortho nitro benzene ring substituents is 1. The van der Waals surface area contributed by atoms with E-state index in [-0.39, 0.29) is 5.69 Å². The summed E-state index contributed by atoms with van der Waals surface area (Å²) < 4.78 is 0. The maximum atomic E-state index is 10.5. The Hall–Kier alpha value is -1.62. The van der Waals surface area contributed by atoms with Crippen molar-refractivity contribution in [2.24, 2.45) is 0 Å². The lowest BCUT2D eigenvalue weighted by atomic mass is 10.1. The van der Waals surface area contributed by atoms with Crippen LogP contribution in [0, 0.1) is 17.0 Å². The smallest absolute Gasteiger partial charge is 0.269 e. The SMILES string of the molecule is CCC(O)CNc1ccc([N+](=O)[O-])cc1C. The van der Waals surface area contributed by atoms with Gasteiger partial charge in [0, 0.05) is 24.4 Å². The molecule has 88 valence electrons. The van der Waals surface area contributed by atoms with E-state index in [0.717, 1.165) is 11.3 Å². The minimum absolute atomic E-state index is 0.0825. The van der Waals surface area contributed by atoms with Crippen molar-refractivity contribution in [3.05, 3.63) is 33.9 Å². The number of nitrogens with zero attached hydrogens (tertiary/aromatic N) is 1. The molecule has 0 bridgehead atoms. The Labute approximate surface area is 94.3 Å². The van der Waals surface area contributed by atoms with E-state index in [9.17, 15) is 15.2 Å². The minimum Gasteiger partial charge on any atom is -0.391 e. The van der Waals surface area contributed by atoms with Gasteiger partial charge in [0.1, 0.15) is 0 Å². The van der Waals surface area contributed by atoms with Gasteiger partial charge in [0.05, 0.1) is 11.0 Å². The van der Waals surface area contributed by atoms with E-state index in [1.54, 1.807) is 13.0 Å². The predicted octanol–water partition coefficient (Wildman–Crippen LogP) is 2.09. The van der Waals surface area contributed by atoms with Crippen LogP contribution in [0.25, 0.3) is 0 Å². The third kappa shape index (κ3) is 3.20. The summed E-state index contributed by atoms with van der Waals surface area (Å²) >= 11 is 0. The fourth-order valence-electron chi connectivity index (χ4n) is 1.33. The summed E-state index contributed by atoms with van der Waals surface area (Å²) in [5, 5.41) is 23.0. The highest BCUT2D eigenvalue weighted by Gasteiger charge is 2.08. The van der Waals surface area contributed by atoms with Crippen LogP contribution < -0.4 is 5.32 Å². The molecule has 0 heterocycles. The summed E-state index contributed by atoms with van der Waals surface area (Å²) in [4.78, 5) is 10.1. The molecule has 0 saturated carbocycles. The molecule has 5 nitrogen and oxygen atoms in total. The van der Waals surface area contributed by atoms with Crippen molar-refractivity contribution in [3.8, 4) is 0 Å². The van der Waals surface area contributed by atoms with Crippen LogP contribution in [-0.4, -0.2) is 22.7 Å². The van der Waals surface area contributed by atoms with E-state index in [1.807, 2.05) is 6.92 Å². The van der Waals surface area contributed by atoms with E-state index >= 15 is 0 Å². The number of hydrogen-bond donors (Lipinski definition) is 2. The van der Waals surface area contributed by atoms with Crippen molar-refractivity contribution in [2.75, 3.05) is 11.9 Å². The second kappa shape index (κ2) is 5.46. The van der Waals surface area contributed by atoms with Crippen LogP contribution in [0.5, 0.6) is 0 Å². The Morgan fingerprint density at radius 3 is 2.75 bits per heavy atom. The molecular formula is C11H16N2O3. The quantitative estimate of drug-likeness (QED) is 0.593. The molecule has 0 fully saturated rings. The molecule has 1 atom stereocenters. The second-order valence-electron chi connectivity index (χ2n) is 3.70. The number of anilines is 1. The normalized spacial score (nSPS) is 12.2. The van der Waals surface area contributed by atoms with Crippen LogP contribution in [0.15, 0.2) is 18.2 Å². The number of hydrogen-bond acceptors (Lipinski definition) is 4. The van der Waals surface area contributed by atoms with Crippen molar-refractivity contribution in [1.82, 2.24) is 0 Å². The molecule has 2 N–H and O–H groups in total. The van der Waals surface area contributed by atoms with Crippen molar-refractivity contribution in [3.63, 3.8) is 0 Å². The van der Waals surface area contributed by atoms with Crippen molar-refractivity contribution >= 4 is 11.4 Å². The summed E-state index contributed by atoms with van der Waals surface area (Å²) in [6.45, 7) is 4.15. The first-order valence-electron chi connectivity index (χ1n) is 5.21. The third-order valence-electron chi connectivity index (χ3n) is 2.42. The van der Waals surface area contributed by atoms with Crippen LogP contribution in [0.4, 0.5) is 11.4 Å². The fraction of sp³-hybridized carbons (Fsp3) is 0.455. The van der Waals surface area contributed by atoms with E-state index in [2.05, 4.69) is 5.32 Å². The number of nitrogens with one attached hydrogen (secondary N) is 1. The van der Waals surface area contributed by atoms with Gasteiger partial charge in [0.25, 0.3) is 5.69 Å². The van der Waals surface area contributed by atoms with E-state index in [1.165, 1.54) is 12.1 Å². The van der Waals surface area contributed by atoms with Gasteiger partial charge in [-0.05, 0) is 25.0 Å². The third-order valence-corrected chi connectivity index (χ3v) is 2.42. The monoisotopic (exact) mass is 224 g/mol. The number of aliphatic hydroxyl groups is 1. The van der Waals surface area contributed by atoms with Gasteiger partial charge in [-0.3, -0.25) is 10.1 Å². The van der Waals surface area contributed by atoms with Crippen LogP contribution >= 0.6 is 0 Å². The first-order valence-corrected chi connectivity index (χ1v) is 5.21. The van der Waals surface area contributed by atoms with E-state index in [4.69, 9.17) is 0 Å². The molecule has 1 rings (SSSR count). The Kier molecular flexibility index (Phi) is 4.25. The minimum atomic E-state index is -0.419. The number of nitro groups is 1. The molecule has 0 radical (unpaired) electrons. The Bertz CT molecular complexity index is 379. The van der Waals surface area contributed by atoms with Crippen LogP contribution in [-0.2, 0) is 0 Å². The van der Waals surface area contributed by atoms with Gasteiger partial charge in [0.2, 0.25) is 0 Å². The average Bonchev–Trinajstić information content (AvgIpc) is 2.26. The van der Waals surface area contributed by atoms with E-state index < -0.39 is 11.0 Å². The van der Waals surface area contributed by atoms with Gasteiger partial charge in [-0.2, -0.15) is 0 Å². The van der Waals surface area contributed by atoms with Gasteiger partial charge in [-0.1, -0.05) is 6.92 Å². The maximum Gasteiger partial charge on any atom is 0.269 e. The topological polar surface area (TPSA) is 75.4 Å². The van der Waals surface area contributed by atoms with Crippen LogP contribution in [0.3, 0.4) is 0 Å². The molecule has 0 aliphatic heterocycles. The number of nitro benzene ring substituents is 1. The highest BCUT2D eigenvalue weighted by atomic mass is 16.6. The zero-order valence-electron chi connectivity index (χ0n) is 9.43. The maximum absolute atomic E-state index is 10.5. The molecule has 0 aliphatic rings. The number of aliphatic hydroxyl groups excluding tert-OH is 1. The van der Waals surface area contributed by atoms with Gasteiger partial charge >= 0.3 is 0 Å². The standard InChI is InChI=1S/C11H16N2O3/c1-3-10(14)7-12-11-5-4-9(13(15)16)6-8(11)2/h4-6,10,12,14H,3,7H2,1-2H3. The van der Waals surface area contributed by atoms with Gasteiger partial charge in [0.15, 0.2) is 0 Å². The lowest BCUT2D eigenvalue weighted by molar-refractivity contribution is -0.384. The highest BCUT2D eigenvalue weighted by Crippen LogP contribution is 2.21. The molecule has 0 spiro atoms. The van der Waals surface area contributed by atoms with Crippen LogP contribution in [0.2, 0.25) is 0 Å². The van der Waals surface area contributed by atoms with Gasteiger partial charge in [-0.25, -0.2) is 0 Å². The zero-order chi connectivity index (χ0) is 12.1. The molecule has 1 unspecified atom stereocenters. The molecule has 0 amide bonds. The molecular weight excluding hydrogens is 208 g/mol. The predicted molar refractivity (Wildman–Crippen MR) is 62.6 cm³/mol. The molecule has 0 aromatic heterocycles. The number of aryl methyl sites for hydroxylation is 1. The Balaban J connectivity index is 2.72. The molecule has 1 aromatic carbocycles. The van der Waals surface area contributed by atoms with Gasteiger partial charge < -0.3 is 10.4 Å². The molecule has 5 heteroatoms. The van der Waals surface area contributed by atoms with Crippen molar-refractivity contribution in [1.29, 1.82) is 0 Å². The molecule has 16 heavy (non-hydrogen) atoms. The molecule has 0 saturated heterocycles. The lowest BCUT2D eigenvalue weighted by Crippen LogP contribution is -2.18. The van der Waals surface area contributed by atoms with Gasteiger partial charge in [-0.15, -0.1) is 0 Å².